The molecule has 0 aliphatic carbocycles. The summed E-state index contributed by atoms with van der Waals surface area (Å²) in [6, 6.07) is 14.1. The molecule has 0 fully saturated rings. The molecule has 2 aromatic heterocycles. The van der Waals surface area contributed by atoms with E-state index in [-0.39, 0.29) is 11.0 Å². The lowest BCUT2D eigenvalue weighted by atomic mass is 9.82. The zero-order chi connectivity index (χ0) is 18.8. The van der Waals surface area contributed by atoms with Crippen LogP contribution in [0, 0.1) is 5.41 Å². The van der Waals surface area contributed by atoms with Crippen molar-refractivity contribution in [1.82, 2.24) is 9.38 Å². The molecule has 1 N–H and O–H groups in total. The first-order valence-electron chi connectivity index (χ1n) is 9.15. The maximum atomic E-state index is 6.02. The van der Waals surface area contributed by atoms with Crippen LogP contribution >= 0.6 is 0 Å². The van der Waals surface area contributed by atoms with Crippen LogP contribution in [-0.4, -0.2) is 14.9 Å². The Morgan fingerprint density at radius 3 is 2.42 bits per heavy atom. The molecule has 0 aliphatic rings. The zero-order valence-electron chi connectivity index (χ0n) is 16.4. The molecule has 2 heterocycles. The summed E-state index contributed by atoms with van der Waals surface area (Å²) in [6.07, 6.45) is 4.96. The third kappa shape index (κ3) is 4.57. The van der Waals surface area contributed by atoms with E-state index in [1.165, 1.54) is 0 Å². The van der Waals surface area contributed by atoms with Crippen LogP contribution < -0.4 is 10.1 Å². The van der Waals surface area contributed by atoms with Gasteiger partial charge in [-0.3, -0.25) is 4.40 Å². The molecule has 1 aromatic carbocycles. The van der Waals surface area contributed by atoms with Gasteiger partial charge in [0, 0.05) is 11.7 Å². The molecule has 0 saturated heterocycles. The van der Waals surface area contributed by atoms with E-state index in [2.05, 4.69) is 61.5 Å². The fraction of sp³-hybridized carbons (Fsp3) is 0.409. The summed E-state index contributed by atoms with van der Waals surface area (Å²) in [6.45, 7) is 11.8. The summed E-state index contributed by atoms with van der Waals surface area (Å²) >= 11 is 0. The molecular formula is C22H29N3O. The number of pyridine rings is 1. The van der Waals surface area contributed by atoms with Crippen molar-refractivity contribution in [3.8, 4) is 5.75 Å². The second-order valence-electron chi connectivity index (χ2n) is 8.73. The molecule has 4 nitrogen and oxygen atoms in total. The second kappa shape index (κ2) is 7.02. The maximum Gasteiger partial charge on any atom is 0.181 e. The minimum atomic E-state index is -0.0326. The van der Waals surface area contributed by atoms with E-state index >= 15 is 0 Å². The number of ether oxygens (including phenoxy) is 1. The van der Waals surface area contributed by atoms with Crippen molar-refractivity contribution in [3.63, 3.8) is 0 Å². The van der Waals surface area contributed by atoms with Crippen LogP contribution in [0.5, 0.6) is 5.75 Å². The summed E-state index contributed by atoms with van der Waals surface area (Å²) in [5, 5.41) is 3.64. The van der Waals surface area contributed by atoms with Crippen molar-refractivity contribution >= 4 is 11.5 Å². The Morgan fingerprint density at radius 1 is 1.00 bits per heavy atom. The third-order valence-corrected chi connectivity index (χ3v) is 4.18. The number of nitrogens with one attached hydrogen (secondary N) is 1. The highest BCUT2D eigenvalue weighted by atomic mass is 16.5. The lowest BCUT2D eigenvalue weighted by Gasteiger charge is -2.33. The lowest BCUT2D eigenvalue weighted by Crippen LogP contribution is -2.35. The van der Waals surface area contributed by atoms with E-state index in [0.29, 0.717) is 6.61 Å². The highest BCUT2D eigenvalue weighted by Crippen LogP contribution is 2.31. The first-order chi connectivity index (χ1) is 12.2. The molecule has 0 radical (unpaired) electrons. The fourth-order valence-corrected chi connectivity index (χ4v) is 3.64. The Kier molecular flexibility index (Phi) is 4.94. The Hall–Kier alpha value is -2.49. The molecule has 0 spiro atoms. The van der Waals surface area contributed by atoms with E-state index in [4.69, 9.17) is 4.74 Å². The zero-order valence-corrected chi connectivity index (χ0v) is 16.4. The van der Waals surface area contributed by atoms with Crippen LogP contribution in [0.25, 0.3) is 5.65 Å². The SMILES string of the molecule is CC(C)(C)CC(C)(C)Nc1cnc2c(OCc3ccccc3)cccn12. The van der Waals surface area contributed by atoms with Gasteiger partial charge in [-0.1, -0.05) is 51.1 Å². The van der Waals surface area contributed by atoms with Crippen molar-refractivity contribution in [1.29, 1.82) is 0 Å². The van der Waals surface area contributed by atoms with Crippen LogP contribution in [0.3, 0.4) is 0 Å². The molecule has 0 atom stereocenters. The van der Waals surface area contributed by atoms with Crippen LogP contribution in [0.4, 0.5) is 5.82 Å². The number of rotatable bonds is 6. The highest BCUT2D eigenvalue weighted by molar-refractivity contribution is 5.60. The van der Waals surface area contributed by atoms with Gasteiger partial charge in [-0.25, -0.2) is 4.98 Å². The van der Waals surface area contributed by atoms with E-state index in [1.807, 2.05) is 42.7 Å². The van der Waals surface area contributed by atoms with Gasteiger partial charge in [-0.2, -0.15) is 0 Å². The van der Waals surface area contributed by atoms with Crippen LogP contribution in [0.15, 0.2) is 54.9 Å². The van der Waals surface area contributed by atoms with Gasteiger partial charge in [-0.05, 0) is 43.4 Å². The molecule has 0 amide bonds. The molecule has 3 rings (SSSR count). The number of anilines is 1. The van der Waals surface area contributed by atoms with Gasteiger partial charge in [0.05, 0.1) is 6.20 Å². The smallest absolute Gasteiger partial charge is 0.181 e. The van der Waals surface area contributed by atoms with Gasteiger partial charge in [0.25, 0.3) is 0 Å². The van der Waals surface area contributed by atoms with Crippen molar-refractivity contribution in [2.45, 2.75) is 53.2 Å². The topological polar surface area (TPSA) is 38.6 Å². The monoisotopic (exact) mass is 351 g/mol. The van der Waals surface area contributed by atoms with Gasteiger partial charge >= 0.3 is 0 Å². The number of imidazole rings is 1. The normalized spacial score (nSPS) is 12.3. The van der Waals surface area contributed by atoms with Crippen LogP contribution in [0.2, 0.25) is 0 Å². The predicted octanol–water partition coefficient (Wildman–Crippen LogP) is 5.54. The summed E-state index contributed by atoms with van der Waals surface area (Å²) in [4.78, 5) is 4.59. The van der Waals surface area contributed by atoms with Crippen LogP contribution in [0.1, 0.15) is 46.6 Å². The van der Waals surface area contributed by atoms with Gasteiger partial charge in [-0.15, -0.1) is 0 Å². The molecule has 138 valence electrons. The summed E-state index contributed by atoms with van der Waals surface area (Å²) in [5.41, 5.74) is 2.19. The first-order valence-corrected chi connectivity index (χ1v) is 9.15. The third-order valence-electron chi connectivity index (χ3n) is 4.18. The standard InChI is InChI=1S/C22H29N3O/c1-21(2,3)16-22(4,5)24-19-14-23-20-18(12-9-13-25(19)20)26-15-17-10-7-6-8-11-17/h6-14,24H,15-16H2,1-5H3. The Morgan fingerprint density at radius 2 is 1.73 bits per heavy atom. The summed E-state index contributed by atoms with van der Waals surface area (Å²) < 4.78 is 8.08. The Labute approximate surface area is 156 Å². The first kappa shape index (κ1) is 18.3. The number of fused-ring (bicyclic) bond motifs is 1. The van der Waals surface area contributed by atoms with Crippen molar-refractivity contribution in [2.24, 2.45) is 5.41 Å². The summed E-state index contributed by atoms with van der Waals surface area (Å²) in [7, 11) is 0. The average Bonchev–Trinajstić information content (AvgIpc) is 2.94. The van der Waals surface area contributed by atoms with Gasteiger partial charge in [0.15, 0.2) is 11.4 Å². The molecule has 3 aromatic rings. The second-order valence-corrected chi connectivity index (χ2v) is 8.73. The fourth-order valence-electron chi connectivity index (χ4n) is 3.64. The van der Waals surface area contributed by atoms with Crippen molar-refractivity contribution < 1.29 is 4.74 Å². The minimum absolute atomic E-state index is 0.0326. The molecule has 26 heavy (non-hydrogen) atoms. The largest absolute Gasteiger partial charge is 0.485 e. The number of benzene rings is 1. The van der Waals surface area contributed by atoms with E-state index < -0.39 is 0 Å². The minimum Gasteiger partial charge on any atom is -0.485 e. The number of nitrogens with zero attached hydrogens (tertiary/aromatic N) is 2. The van der Waals surface area contributed by atoms with Gasteiger partial charge < -0.3 is 10.1 Å². The van der Waals surface area contributed by atoms with Gasteiger partial charge in [0.1, 0.15) is 12.4 Å². The van der Waals surface area contributed by atoms with Gasteiger partial charge in [0.2, 0.25) is 0 Å². The van der Waals surface area contributed by atoms with E-state index in [0.717, 1.165) is 29.2 Å². The van der Waals surface area contributed by atoms with Crippen molar-refractivity contribution in [2.75, 3.05) is 5.32 Å². The van der Waals surface area contributed by atoms with E-state index in [9.17, 15) is 0 Å². The number of aromatic nitrogens is 2. The lowest BCUT2D eigenvalue weighted by molar-refractivity contribution is 0.301. The molecule has 0 aliphatic heterocycles. The Bertz CT molecular complexity index is 860. The molecule has 0 unspecified atom stereocenters. The predicted molar refractivity (Wildman–Crippen MR) is 108 cm³/mol. The van der Waals surface area contributed by atoms with Crippen LogP contribution in [-0.2, 0) is 6.61 Å². The maximum absolute atomic E-state index is 6.02. The molecule has 4 heteroatoms. The quantitative estimate of drug-likeness (QED) is 0.633. The van der Waals surface area contributed by atoms with E-state index in [1.54, 1.807) is 0 Å². The average molecular weight is 351 g/mol. The Balaban J connectivity index is 1.80. The molecule has 0 saturated carbocycles. The molecular weight excluding hydrogens is 322 g/mol. The summed E-state index contributed by atoms with van der Waals surface area (Å²) in [5.74, 6) is 1.78. The van der Waals surface area contributed by atoms with Crippen molar-refractivity contribution in [3.05, 3.63) is 60.4 Å². The number of hydrogen-bond donors (Lipinski definition) is 1. The highest BCUT2D eigenvalue weighted by Gasteiger charge is 2.26. The molecule has 0 bridgehead atoms. The number of hydrogen-bond acceptors (Lipinski definition) is 3.